The van der Waals surface area contributed by atoms with E-state index in [0.29, 0.717) is 11.5 Å². The maximum atomic E-state index is 12.1. The van der Waals surface area contributed by atoms with Gasteiger partial charge in [-0.1, -0.05) is 48.0 Å². The van der Waals surface area contributed by atoms with E-state index in [1.54, 1.807) is 0 Å². The molecule has 1 aromatic rings. The van der Waals surface area contributed by atoms with Crippen LogP contribution in [0.15, 0.2) is 28.7 Å². The summed E-state index contributed by atoms with van der Waals surface area (Å²) in [5.41, 5.74) is 0.708. The maximum absolute atomic E-state index is 12.1. The van der Waals surface area contributed by atoms with Gasteiger partial charge < -0.3 is 4.74 Å². The Hall–Kier alpha value is -0.670. The van der Waals surface area contributed by atoms with Gasteiger partial charge in [-0.2, -0.15) is 0 Å². The Labute approximate surface area is 123 Å². The minimum atomic E-state index is 0.0544. The number of benzene rings is 1. The fourth-order valence-corrected chi connectivity index (χ4v) is 3.11. The van der Waals surface area contributed by atoms with Gasteiger partial charge in [-0.25, -0.2) is 0 Å². The van der Waals surface area contributed by atoms with Crippen LogP contribution < -0.4 is 0 Å². The Balaban J connectivity index is 1.86. The summed E-state index contributed by atoms with van der Waals surface area (Å²) in [4.78, 5) is 12.1. The third-order valence-electron chi connectivity index (χ3n) is 4.17. The van der Waals surface area contributed by atoms with Crippen LogP contribution in [0.5, 0.6) is 0 Å². The van der Waals surface area contributed by atoms with Gasteiger partial charge in [0.05, 0.1) is 6.10 Å². The number of hydrogen-bond donors (Lipinski definition) is 0. The molecule has 3 atom stereocenters. The van der Waals surface area contributed by atoms with E-state index >= 15 is 0 Å². The van der Waals surface area contributed by atoms with Gasteiger partial charge in [-0.05, 0) is 37.2 Å². The number of hydrogen-bond acceptors (Lipinski definition) is 2. The molecule has 0 heterocycles. The number of carbonyl (C=O) groups is 1. The highest BCUT2D eigenvalue weighted by Gasteiger charge is 2.25. The smallest absolute Gasteiger partial charge is 0.189 e. The topological polar surface area (TPSA) is 26.3 Å². The number of halogens is 1. The first-order valence-corrected chi connectivity index (χ1v) is 7.76. The molecule has 0 amide bonds. The molecule has 1 aliphatic carbocycles. The van der Waals surface area contributed by atoms with Crippen molar-refractivity contribution in [3.63, 3.8) is 0 Å². The van der Waals surface area contributed by atoms with E-state index in [2.05, 4.69) is 29.8 Å². The Bertz CT molecular complexity index is 444. The zero-order chi connectivity index (χ0) is 13.8. The van der Waals surface area contributed by atoms with Gasteiger partial charge in [0, 0.05) is 10.0 Å². The van der Waals surface area contributed by atoms with Crippen LogP contribution in [0.25, 0.3) is 0 Å². The van der Waals surface area contributed by atoms with Crippen molar-refractivity contribution in [2.45, 2.75) is 39.2 Å². The molecule has 0 radical (unpaired) electrons. The highest BCUT2D eigenvalue weighted by molar-refractivity contribution is 9.10. The van der Waals surface area contributed by atoms with Crippen molar-refractivity contribution < 1.29 is 9.53 Å². The SMILES string of the molecule is CC1CCC(OCC(=O)c2ccccc2Br)CC1C. The van der Waals surface area contributed by atoms with E-state index < -0.39 is 0 Å². The van der Waals surface area contributed by atoms with E-state index in [1.165, 1.54) is 6.42 Å². The lowest BCUT2D eigenvalue weighted by Gasteiger charge is -2.31. The highest BCUT2D eigenvalue weighted by atomic mass is 79.9. The highest BCUT2D eigenvalue weighted by Crippen LogP contribution is 2.31. The molecule has 1 fully saturated rings. The van der Waals surface area contributed by atoms with Gasteiger partial charge in [-0.3, -0.25) is 4.79 Å². The molecular formula is C16H21BrO2. The number of Topliss-reactive ketones (excluding diaryl/α,β-unsaturated/α-hetero) is 1. The van der Waals surface area contributed by atoms with E-state index in [9.17, 15) is 4.79 Å². The van der Waals surface area contributed by atoms with Crippen molar-refractivity contribution >= 4 is 21.7 Å². The molecule has 0 spiro atoms. The van der Waals surface area contributed by atoms with Crippen LogP contribution in [0, 0.1) is 11.8 Å². The predicted octanol–water partition coefficient (Wildman–Crippen LogP) is 4.47. The molecule has 2 nitrogen and oxygen atoms in total. The van der Waals surface area contributed by atoms with Gasteiger partial charge >= 0.3 is 0 Å². The average molecular weight is 325 g/mol. The van der Waals surface area contributed by atoms with Gasteiger partial charge in [0.15, 0.2) is 5.78 Å². The van der Waals surface area contributed by atoms with Crippen molar-refractivity contribution in [1.29, 1.82) is 0 Å². The maximum Gasteiger partial charge on any atom is 0.189 e. The average Bonchev–Trinajstić information content (AvgIpc) is 2.40. The second-order valence-corrected chi connectivity index (χ2v) is 6.46. The molecular weight excluding hydrogens is 304 g/mol. The molecule has 0 aliphatic heterocycles. The van der Waals surface area contributed by atoms with E-state index in [0.717, 1.165) is 23.2 Å². The molecule has 0 bridgehead atoms. The fraction of sp³-hybridized carbons (Fsp3) is 0.562. The van der Waals surface area contributed by atoms with Crippen LogP contribution in [0.2, 0.25) is 0 Å². The molecule has 104 valence electrons. The van der Waals surface area contributed by atoms with Crippen molar-refractivity contribution in [3.05, 3.63) is 34.3 Å². The lowest BCUT2D eigenvalue weighted by molar-refractivity contribution is 0.00705. The van der Waals surface area contributed by atoms with E-state index in [4.69, 9.17) is 4.74 Å². The Morgan fingerprint density at radius 3 is 2.68 bits per heavy atom. The Morgan fingerprint density at radius 1 is 1.26 bits per heavy atom. The zero-order valence-electron chi connectivity index (χ0n) is 11.6. The molecule has 0 saturated heterocycles. The van der Waals surface area contributed by atoms with Crippen LogP contribution in [0.1, 0.15) is 43.5 Å². The lowest BCUT2D eigenvalue weighted by Crippen LogP contribution is -2.28. The molecule has 1 aromatic carbocycles. The quantitative estimate of drug-likeness (QED) is 0.763. The number of ether oxygens (including phenoxy) is 1. The van der Waals surface area contributed by atoms with Crippen molar-refractivity contribution in [1.82, 2.24) is 0 Å². The van der Waals surface area contributed by atoms with Crippen LogP contribution in [0.3, 0.4) is 0 Å². The largest absolute Gasteiger partial charge is 0.370 e. The van der Waals surface area contributed by atoms with Crippen LogP contribution in [-0.2, 0) is 4.74 Å². The summed E-state index contributed by atoms with van der Waals surface area (Å²) >= 11 is 3.40. The second-order valence-electron chi connectivity index (χ2n) is 5.60. The minimum absolute atomic E-state index is 0.0544. The second kappa shape index (κ2) is 6.67. The molecule has 2 rings (SSSR count). The molecule has 1 saturated carbocycles. The standard InChI is InChI=1S/C16H21BrO2/c1-11-7-8-13(9-12(11)2)19-10-16(18)14-5-3-4-6-15(14)17/h3-6,11-13H,7-10H2,1-2H3. The summed E-state index contributed by atoms with van der Waals surface area (Å²) in [5, 5.41) is 0. The normalized spacial score (nSPS) is 27.2. The summed E-state index contributed by atoms with van der Waals surface area (Å²) in [6, 6.07) is 7.51. The summed E-state index contributed by atoms with van der Waals surface area (Å²) in [6.45, 7) is 4.76. The number of ketones is 1. The van der Waals surface area contributed by atoms with E-state index in [1.807, 2.05) is 24.3 Å². The fourth-order valence-electron chi connectivity index (χ4n) is 2.61. The van der Waals surface area contributed by atoms with Gasteiger partial charge in [-0.15, -0.1) is 0 Å². The molecule has 3 heteroatoms. The summed E-state index contributed by atoms with van der Waals surface area (Å²) < 4.78 is 6.64. The summed E-state index contributed by atoms with van der Waals surface area (Å²) in [5.74, 6) is 1.52. The molecule has 3 unspecified atom stereocenters. The number of carbonyl (C=O) groups excluding carboxylic acids is 1. The van der Waals surface area contributed by atoms with Gasteiger partial charge in [0.25, 0.3) is 0 Å². The molecule has 19 heavy (non-hydrogen) atoms. The minimum Gasteiger partial charge on any atom is -0.370 e. The monoisotopic (exact) mass is 324 g/mol. The first kappa shape index (κ1) is 14.7. The Morgan fingerprint density at radius 2 is 2.00 bits per heavy atom. The zero-order valence-corrected chi connectivity index (χ0v) is 13.2. The van der Waals surface area contributed by atoms with Crippen molar-refractivity contribution in [2.24, 2.45) is 11.8 Å². The predicted molar refractivity (Wildman–Crippen MR) is 80.4 cm³/mol. The van der Waals surface area contributed by atoms with Crippen LogP contribution >= 0.6 is 15.9 Å². The van der Waals surface area contributed by atoms with Crippen molar-refractivity contribution in [3.8, 4) is 0 Å². The molecule has 0 N–H and O–H groups in total. The summed E-state index contributed by atoms with van der Waals surface area (Å²) in [6.07, 6.45) is 3.60. The van der Waals surface area contributed by atoms with Crippen LogP contribution in [-0.4, -0.2) is 18.5 Å². The van der Waals surface area contributed by atoms with Gasteiger partial charge in [0.1, 0.15) is 6.61 Å². The third-order valence-corrected chi connectivity index (χ3v) is 4.87. The van der Waals surface area contributed by atoms with Crippen molar-refractivity contribution in [2.75, 3.05) is 6.61 Å². The first-order valence-electron chi connectivity index (χ1n) is 6.97. The van der Waals surface area contributed by atoms with Crippen LogP contribution in [0.4, 0.5) is 0 Å². The first-order chi connectivity index (χ1) is 9.08. The van der Waals surface area contributed by atoms with E-state index in [-0.39, 0.29) is 18.5 Å². The molecule has 1 aliphatic rings. The van der Waals surface area contributed by atoms with Gasteiger partial charge in [0.2, 0.25) is 0 Å². The third kappa shape index (κ3) is 3.90. The Kier molecular flexibility index (Phi) is 5.17. The molecule has 0 aromatic heterocycles. The number of rotatable bonds is 4. The lowest BCUT2D eigenvalue weighted by atomic mass is 9.80. The summed E-state index contributed by atoms with van der Waals surface area (Å²) in [7, 11) is 0.